The number of rotatable bonds is 10. The largest absolute Gasteiger partial charge is 0.480 e. The van der Waals surface area contributed by atoms with Crippen LogP contribution in [-0.4, -0.2) is 73.4 Å². The van der Waals surface area contributed by atoms with E-state index in [1.807, 2.05) is 6.07 Å². The third-order valence-corrected chi connectivity index (χ3v) is 9.07. The van der Waals surface area contributed by atoms with Crippen LogP contribution in [-0.2, 0) is 17.9 Å². The minimum Gasteiger partial charge on any atom is -0.480 e. The number of aryl methyl sites for hydroxylation is 1. The maximum Gasteiger partial charge on any atom is 0.317 e. The summed E-state index contributed by atoms with van der Waals surface area (Å²) in [5.41, 5.74) is 3.91. The Labute approximate surface area is 280 Å². The standard InChI is InChI=1S/C33H33Cl2N7O5/c34-30-21(4-1-6-24(30)38-32(46)26-10-9-19(15-36-26)17-41-13-11-20(43)18-41)22-5-2-7-25(31(22)35)39-33(47)27-14-28-23(37-16-29(44)45)8-3-12-42(28)40-27/h1-2,4-7,9-10,14-15,20,23,37,43H,3,8,11-13,16-18H2,(H,38,46)(H,39,47)(H,44,45)/t20-,23?/m1/s1. The molecule has 0 bridgehead atoms. The van der Waals surface area contributed by atoms with Crippen molar-refractivity contribution in [1.82, 2.24) is 25.0 Å². The van der Waals surface area contributed by atoms with E-state index in [4.69, 9.17) is 28.3 Å². The molecule has 2 aromatic heterocycles. The number of hydrogen-bond acceptors (Lipinski definition) is 8. The molecule has 47 heavy (non-hydrogen) atoms. The molecule has 1 unspecified atom stereocenters. The highest BCUT2D eigenvalue weighted by molar-refractivity contribution is 6.40. The van der Waals surface area contributed by atoms with E-state index in [1.54, 1.807) is 59.4 Å². The molecule has 6 rings (SSSR count). The first kappa shape index (κ1) is 32.6. The summed E-state index contributed by atoms with van der Waals surface area (Å²) in [5.74, 6) is -1.85. The number of aliphatic hydroxyl groups is 1. The minimum absolute atomic E-state index is 0.185. The zero-order chi connectivity index (χ0) is 33.1. The number of carbonyl (C=O) groups is 3. The highest BCUT2D eigenvalue weighted by Gasteiger charge is 2.26. The lowest BCUT2D eigenvalue weighted by atomic mass is 10.0. The molecule has 244 valence electrons. The van der Waals surface area contributed by atoms with E-state index < -0.39 is 17.8 Å². The summed E-state index contributed by atoms with van der Waals surface area (Å²) < 4.78 is 1.72. The maximum absolute atomic E-state index is 13.2. The number of pyridine rings is 1. The number of aliphatic carboxylic acids is 1. The van der Waals surface area contributed by atoms with E-state index in [9.17, 15) is 19.5 Å². The number of hydrogen-bond donors (Lipinski definition) is 5. The fourth-order valence-electron chi connectivity index (χ4n) is 5.92. The Morgan fingerprint density at radius 3 is 2.17 bits per heavy atom. The zero-order valence-electron chi connectivity index (χ0n) is 25.2. The second-order valence-electron chi connectivity index (χ2n) is 11.6. The van der Waals surface area contributed by atoms with Gasteiger partial charge in [0.15, 0.2) is 5.69 Å². The summed E-state index contributed by atoms with van der Waals surface area (Å²) in [6.45, 7) is 2.53. The number of nitrogens with zero attached hydrogens (tertiary/aromatic N) is 4. The molecule has 2 atom stereocenters. The van der Waals surface area contributed by atoms with Crippen LogP contribution < -0.4 is 16.0 Å². The number of carboxylic acids is 1. The van der Waals surface area contributed by atoms with Crippen LogP contribution in [0.15, 0.2) is 60.8 Å². The highest BCUT2D eigenvalue weighted by atomic mass is 35.5. The summed E-state index contributed by atoms with van der Waals surface area (Å²) in [4.78, 5) is 43.8. The van der Waals surface area contributed by atoms with E-state index in [0.717, 1.165) is 37.1 Å². The monoisotopic (exact) mass is 677 g/mol. The Morgan fingerprint density at radius 2 is 1.57 bits per heavy atom. The molecule has 0 aliphatic carbocycles. The second kappa shape index (κ2) is 14.2. The lowest BCUT2D eigenvalue weighted by Crippen LogP contribution is -2.31. The second-order valence-corrected chi connectivity index (χ2v) is 12.4. The number of aliphatic hydroxyl groups excluding tert-OH is 1. The summed E-state index contributed by atoms with van der Waals surface area (Å²) in [5, 5.41) is 32.4. The number of carboxylic acid groups (broad SMARTS) is 1. The molecule has 14 heteroatoms. The Balaban J connectivity index is 1.15. The molecule has 0 saturated carbocycles. The third-order valence-electron chi connectivity index (χ3n) is 8.26. The Hall–Kier alpha value is -4.33. The van der Waals surface area contributed by atoms with Gasteiger partial charge in [0, 0.05) is 49.5 Å². The fraction of sp³-hybridized carbons (Fsp3) is 0.303. The zero-order valence-corrected chi connectivity index (χ0v) is 26.8. The van der Waals surface area contributed by atoms with Crippen molar-refractivity contribution in [3.05, 3.63) is 93.5 Å². The number of likely N-dealkylation sites (tertiary alicyclic amines) is 1. The number of fused-ring (bicyclic) bond motifs is 1. The van der Waals surface area contributed by atoms with Gasteiger partial charge in [0.2, 0.25) is 0 Å². The van der Waals surface area contributed by atoms with E-state index in [1.165, 1.54) is 0 Å². The van der Waals surface area contributed by atoms with E-state index in [-0.39, 0.29) is 40.1 Å². The van der Waals surface area contributed by atoms with Crippen LogP contribution >= 0.6 is 23.2 Å². The molecule has 2 aliphatic heterocycles. The molecule has 1 fully saturated rings. The van der Waals surface area contributed by atoms with E-state index in [2.05, 4.69) is 30.9 Å². The van der Waals surface area contributed by atoms with Gasteiger partial charge in [0.25, 0.3) is 11.8 Å². The predicted molar refractivity (Wildman–Crippen MR) is 178 cm³/mol. The average molecular weight is 679 g/mol. The van der Waals surface area contributed by atoms with Gasteiger partial charge in [0.05, 0.1) is 39.8 Å². The number of halogens is 2. The van der Waals surface area contributed by atoms with Crippen LogP contribution in [0, 0.1) is 0 Å². The van der Waals surface area contributed by atoms with E-state index >= 15 is 0 Å². The molecule has 5 N–H and O–H groups in total. The van der Waals surface area contributed by atoms with Crippen LogP contribution in [0.5, 0.6) is 0 Å². The van der Waals surface area contributed by atoms with Gasteiger partial charge < -0.3 is 20.8 Å². The van der Waals surface area contributed by atoms with Gasteiger partial charge >= 0.3 is 5.97 Å². The molecule has 4 heterocycles. The lowest BCUT2D eigenvalue weighted by Gasteiger charge is -2.23. The van der Waals surface area contributed by atoms with Crippen LogP contribution in [0.2, 0.25) is 10.0 Å². The summed E-state index contributed by atoms with van der Waals surface area (Å²) in [6, 6.07) is 15.3. The predicted octanol–water partition coefficient (Wildman–Crippen LogP) is 4.83. The smallest absolute Gasteiger partial charge is 0.317 e. The normalized spacial score (nSPS) is 17.7. The number of β-amino-alcohol motifs (C(OH)–C–C–N with tert-alkyl or cyclic N) is 1. The van der Waals surface area contributed by atoms with Crippen molar-refractivity contribution < 1.29 is 24.6 Å². The highest BCUT2D eigenvalue weighted by Crippen LogP contribution is 2.40. The Kier molecular flexibility index (Phi) is 9.85. The minimum atomic E-state index is -0.958. The van der Waals surface area contributed by atoms with Crippen molar-refractivity contribution in [1.29, 1.82) is 0 Å². The first-order valence-electron chi connectivity index (χ1n) is 15.2. The van der Waals surface area contributed by atoms with Gasteiger partial charge in [-0.15, -0.1) is 0 Å². The third kappa shape index (κ3) is 7.47. The van der Waals surface area contributed by atoms with Gasteiger partial charge in [-0.05, 0) is 49.1 Å². The number of nitrogens with one attached hydrogen (secondary N) is 3. The molecular formula is C33H33Cl2N7O5. The van der Waals surface area contributed by atoms with Crippen LogP contribution in [0.3, 0.4) is 0 Å². The first-order chi connectivity index (χ1) is 22.7. The summed E-state index contributed by atoms with van der Waals surface area (Å²) >= 11 is 13.6. The maximum atomic E-state index is 13.2. The van der Waals surface area contributed by atoms with Crippen molar-refractivity contribution in [2.24, 2.45) is 0 Å². The molecule has 12 nitrogen and oxygen atoms in total. The molecule has 0 radical (unpaired) electrons. The van der Waals surface area contributed by atoms with Crippen molar-refractivity contribution in [2.75, 3.05) is 30.3 Å². The fourth-order valence-corrected chi connectivity index (χ4v) is 6.47. The quantitative estimate of drug-likeness (QED) is 0.158. The van der Waals surface area contributed by atoms with Crippen molar-refractivity contribution in [2.45, 2.75) is 44.5 Å². The number of aromatic nitrogens is 3. The molecule has 0 spiro atoms. The summed E-state index contributed by atoms with van der Waals surface area (Å²) in [7, 11) is 0. The number of amides is 2. The molecule has 2 amide bonds. The van der Waals surface area contributed by atoms with Crippen molar-refractivity contribution in [3.8, 4) is 11.1 Å². The van der Waals surface area contributed by atoms with Gasteiger partial charge in [0.1, 0.15) is 5.69 Å². The van der Waals surface area contributed by atoms with Crippen molar-refractivity contribution in [3.63, 3.8) is 0 Å². The molecular weight excluding hydrogens is 645 g/mol. The molecule has 1 saturated heterocycles. The summed E-state index contributed by atoms with van der Waals surface area (Å²) in [6.07, 6.45) is 3.65. The Bertz CT molecular complexity index is 1810. The number of benzene rings is 2. The van der Waals surface area contributed by atoms with Crippen molar-refractivity contribution >= 4 is 52.4 Å². The van der Waals surface area contributed by atoms with Crippen LogP contribution in [0.1, 0.15) is 57.5 Å². The van der Waals surface area contributed by atoms with Gasteiger partial charge in [-0.1, -0.05) is 53.5 Å². The topological polar surface area (TPSA) is 162 Å². The molecule has 4 aromatic rings. The lowest BCUT2D eigenvalue weighted by molar-refractivity contribution is -0.136. The van der Waals surface area contributed by atoms with Gasteiger partial charge in [-0.3, -0.25) is 34.3 Å². The van der Waals surface area contributed by atoms with E-state index in [0.29, 0.717) is 42.1 Å². The molecule has 2 aromatic carbocycles. The van der Waals surface area contributed by atoms with Gasteiger partial charge in [-0.2, -0.15) is 5.10 Å². The first-order valence-corrected chi connectivity index (χ1v) is 16.0. The molecule has 2 aliphatic rings. The average Bonchev–Trinajstić information content (AvgIpc) is 3.68. The van der Waals surface area contributed by atoms with Gasteiger partial charge in [-0.25, -0.2) is 0 Å². The SMILES string of the molecule is O=C(O)CNC1CCCn2nc(C(=O)Nc3cccc(-c4cccc(NC(=O)c5ccc(CN6CC[C@@H](O)C6)cn5)c4Cl)c3Cl)cc21. The number of carbonyl (C=O) groups excluding carboxylic acids is 2. The van der Waals surface area contributed by atoms with Crippen LogP contribution in [0.25, 0.3) is 11.1 Å². The Morgan fingerprint density at radius 1 is 0.894 bits per heavy atom. The number of anilines is 2. The van der Waals surface area contributed by atoms with Crippen LogP contribution in [0.4, 0.5) is 11.4 Å².